The number of fused-ring (bicyclic) bond motifs is 1. The van der Waals surface area contributed by atoms with Crippen molar-refractivity contribution in [2.45, 2.75) is 4.90 Å². The zero-order valence-corrected chi connectivity index (χ0v) is 18.1. The quantitative estimate of drug-likeness (QED) is 0.472. The van der Waals surface area contributed by atoms with Crippen LogP contribution >= 0.6 is 23.2 Å². The third kappa shape index (κ3) is 4.24. The minimum Gasteiger partial charge on any atom is -0.350 e. The number of hydrogen-bond acceptors (Lipinski definition) is 4. The number of likely N-dealkylation sites (N-methyl/N-ethyl adjacent to an activating group) is 1. The minimum absolute atomic E-state index is 0.0746. The Morgan fingerprint density at radius 3 is 2.24 bits per heavy atom. The van der Waals surface area contributed by atoms with E-state index in [0.717, 1.165) is 0 Å². The van der Waals surface area contributed by atoms with Crippen molar-refractivity contribution in [1.29, 1.82) is 0 Å². The molecule has 0 bridgehead atoms. The Morgan fingerprint density at radius 2 is 1.66 bits per heavy atom. The molecule has 1 heterocycles. The largest absolute Gasteiger partial charge is 0.350 e. The maximum Gasteiger partial charge on any atom is 0.294 e. The van der Waals surface area contributed by atoms with Crippen LogP contribution in [0.2, 0.25) is 10.0 Å². The van der Waals surface area contributed by atoms with E-state index in [4.69, 9.17) is 23.2 Å². The number of rotatable bonds is 5. The second kappa shape index (κ2) is 7.70. The molecule has 1 amide bonds. The fourth-order valence-electron chi connectivity index (χ4n) is 2.84. The van der Waals surface area contributed by atoms with Crippen molar-refractivity contribution >= 4 is 61.5 Å². The van der Waals surface area contributed by atoms with Crippen molar-refractivity contribution in [3.05, 3.63) is 58.2 Å². The normalized spacial score (nSPS) is 11.5. The third-order valence-electron chi connectivity index (χ3n) is 4.23. The molecule has 2 aromatic carbocycles. The van der Waals surface area contributed by atoms with Crippen molar-refractivity contribution in [3.63, 3.8) is 0 Å². The van der Waals surface area contributed by atoms with Crippen molar-refractivity contribution in [1.82, 2.24) is 9.47 Å². The van der Waals surface area contributed by atoms with Gasteiger partial charge in [0.25, 0.3) is 21.7 Å². The number of carbonyl (C=O) groups excluding carboxylic acids is 2. The molecule has 3 rings (SSSR count). The lowest BCUT2D eigenvalue weighted by Gasteiger charge is -2.10. The Kier molecular flexibility index (Phi) is 5.62. The van der Waals surface area contributed by atoms with Gasteiger partial charge in [0.15, 0.2) is 0 Å². The summed E-state index contributed by atoms with van der Waals surface area (Å²) in [6.45, 7) is 0. The number of nitrogens with zero attached hydrogens (tertiary/aromatic N) is 2. The van der Waals surface area contributed by atoms with E-state index in [1.54, 1.807) is 29.9 Å². The smallest absolute Gasteiger partial charge is 0.294 e. The highest BCUT2D eigenvalue weighted by molar-refractivity contribution is 7.92. The van der Waals surface area contributed by atoms with E-state index in [1.807, 2.05) is 0 Å². The van der Waals surface area contributed by atoms with Gasteiger partial charge in [-0.1, -0.05) is 23.2 Å². The van der Waals surface area contributed by atoms with Gasteiger partial charge in [-0.2, -0.15) is 0 Å². The molecule has 10 heteroatoms. The van der Waals surface area contributed by atoms with Crippen LogP contribution in [0.5, 0.6) is 0 Å². The second-order valence-electron chi connectivity index (χ2n) is 6.62. The van der Waals surface area contributed by atoms with E-state index in [-0.39, 0.29) is 26.2 Å². The van der Waals surface area contributed by atoms with Crippen LogP contribution < -0.4 is 4.72 Å². The number of halogens is 2. The zero-order chi connectivity index (χ0) is 21.5. The summed E-state index contributed by atoms with van der Waals surface area (Å²) in [6, 6.07) is 8.71. The Morgan fingerprint density at radius 1 is 1.03 bits per heavy atom. The van der Waals surface area contributed by atoms with E-state index in [1.165, 1.54) is 43.3 Å². The number of carbonyl (C=O) groups is 2. The van der Waals surface area contributed by atoms with Gasteiger partial charge in [0.05, 0.1) is 21.7 Å². The first-order chi connectivity index (χ1) is 13.5. The summed E-state index contributed by atoms with van der Waals surface area (Å²) in [5.74, 6) is -1.28. The highest BCUT2D eigenvalue weighted by Gasteiger charge is 2.23. The number of aromatic nitrogens is 1. The highest BCUT2D eigenvalue weighted by Crippen LogP contribution is 2.28. The van der Waals surface area contributed by atoms with E-state index in [0.29, 0.717) is 10.9 Å². The molecule has 152 valence electrons. The van der Waals surface area contributed by atoms with Gasteiger partial charge in [-0.3, -0.25) is 14.3 Å². The van der Waals surface area contributed by atoms with Gasteiger partial charge in [-0.15, -0.1) is 0 Å². The van der Waals surface area contributed by atoms with Gasteiger partial charge >= 0.3 is 0 Å². The number of sulfonamides is 1. The molecule has 0 aliphatic heterocycles. The van der Waals surface area contributed by atoms with E-state index >= 15 is 0 Å². The Balaban J connectivity index is 1.99. The number of anilines is 1. The molecule has 0 fully saturated rings. The molecule has 0 atom stereocenters. The van der Waals surface area contributed by atoms with Crippen molar-refractivity contribution in [2.75, 3.05) is 18.8 Å². The number of aryl methyl sites for hydroxylation is 1. The minimum atomic E-state index is -3.93. The second-order valence-corrected chi connectivity index (χ2v) is 9.18. The lowest BCUT2D eigenvalue weighted by Crippen LogP contribution is -2.29. The van der Waals surface area contributed by atoms with Crippen LogP contribution in [0.3, 0.4) is 0 Å². The summed E-state index contributed by atoms with van der Waals surface area (Å²) in [5, 5.41) is 0.940. The number of amides is 1. The first-order valence-corrected chi connectivity index (χ1v) is 10.6. The van der Waals surface area contributed by atoms with Crippen LogP contribution in [0.15, 0.2) is 47.5 Å². The molecule has 7 nitrogen and oxygen atoms in total. The molecule has 3 aromatic rings. The first-order valence-electron chi connectivity index (χ1n) is 8.33. The van der Waals surface area contributed by atoms with Gasteiger partial charge in [0, 0.05) is 42.8 Å². The van der Waals surface area contributed by atoms with Crippen LogP contribution in [0.4, 0.5) is 5.69 Å². The summed E-state index contributed by atoms with van der Waals surface area (Å²) < 4.78 is 29.5. The predicted molar refractivity (Wildman–Crippen MR) is 113 cm³/mol. The SMILES string of the molecule is CN(C)C(=O)C(=O)c1cn(C)c2cc(NS(=O)(=O)c3cc(Cl)cc(Cl)c3)ccc12. The number of benzene rings is 2. The van der Waals surface area contributed by atoms with Crippen LogP contribution in [0.25, 0.3) is 10.9 Å². The van der Waals surface area contributed by atoms with Gasteiger partial charge < -0.3 is 9.47 Å². The summed E-state index contributed by atoms with van der Waals surface area (Å²) in [5.41, 5.74) is 1.12. The predicted octanol–water partition coefficient (Wildman–Crippen LogP) is 3.56. The number of nitrogens with one attached hydrogen (secondary N) is 1. The molecular weight excluding hydrogens is 437 g/mol. The summed E-state index contributed by atoms with van der Waals surface area (Å²) in [6.07, 6.45) is 1.55. The molecule has 1 aromatic heterocycles. The molecule has 1 N–H and O–H groups in total. The van der Waals surface area contributed by atoms with Gasteiger partial charge in [-0.05, 0) is 36.4 Å². The van der Waals surface area contributed by atoms with Gasteiger partial charge in [0.2, 0.25) is 0 Å². The van der Waals surface area contributed by atoms with Crippen LogP contribution in [-0.2, 0) is 21.9 Å². The molecule has 0 saturated carbocycles. The molecule has 0 spiro atoms. The molecular formula is C19H17Cl2N3O4S. The maximum absolute atomic E-state index is 12.7. The Hall–Kier alpha value is -2.55. The summed E-state index contributed by atoms with van der Waals surface area (Å²) >= 11 is 11.8. The van der Waals surface area contributed by atoms with Gasteiger partial charge in [-0.25, -0.2) is 8.42 Å². The average molecular weight is 454 g/mol. The lowest BCUT2D eigenvalue weighted by molar-refractivity contribution is -0.124. The average Bonchev–Trinajstić information content (AvgIpc) is 2.95. The summed E-state index contributed by atoms with van der Waals surface area (Å²) in [7, 11) is 0.773. The zero-order valence-electron chi connectivity index (χ0n) is 15.7. The van der Waals surface area contributed by atoms with Crippen molar-refractivity contribution in [3.8, 4) is 0 Å². The van der Waals surface area contributed by atoms with Crippen LogP contribution in [-0.4, -0.2) is 43.7 Å². The molecule has 0 aliphatic carbocycles. The molecule has 0 saturated heterocycles. The van der Waals surface area contributed by atoms with Gasteiger partial charge in [0.1, 0.15) is 0 Å². The van der Waals surface area contributed by atoms with E-state index < -0.39 is 21.7 Å². The first kappa shape index (κ1) is 21.2. The number of Topliss-reactive ketones (excluding diaryl/α,β-unsaturated/α-hetero) is 1. The highest BCUT2D eigenvalue weighted by atomic mass is 35.5. The molecule has 29 heavy (non-hydrogen) atoms. The topological polar surface area (TPSA) is 88.5 Å². The monoisotopic (exact) mass is 453 g/mol. The van der Waals surface area contributed by atoms with Crippen molar-refractivity contribution < 1.29 is 18.0 Å². The molecule has 0 aliphatic rings. The molecule has 0 unspecified atom stereocenters. The number of hydrogen-bond donors (Lipinski definition) is 1. The molecule has 0 radical (unpaired) electrons. The van der Waals surface area contributed by atoms with E-state index in [2.05, 4.69) is 4.72 Å². The fraction of sp³-hybridized carbons (Fsp3) is 0.158. The maximum atomic E-state index is 12.7. The van der Waals surface area contributed by atoms with Crippen LogP contribution in [0, 0.1) is 0 Å². The van der Waals surface area contributed by atoms with E-state index in [9.17, 15) is 18.0 Å². The Labute approximate surface area is 177 Å². The third-order valence-corrected chi connectivity index (χ3v) is 6.03. The lowest BCUT2D eigenvalue weighted by atomic mass is 10.1. The fourth-order valence-corrected chi connectivity index (χ4v) is 4.62. The Bertz CT molecular complexity index is 1230. The summed E-state index contributed by atoms with van der Waals surface area (Å²) in [4.78, 5) is 25.6. The number of ketones is 1. The standard InChI is InChI=1S/C19H17Cl2N3O4S/c1-23(2)19(26)18(25)16-10-24(3)17-9-13(4-5-15(16)17)22-29(27,28)14-7-11(20)6-12(21)8-14/h4-10,22H,1-3H3. The van der Waals surface area contributed by atoms with Crippen LogP contribution in [0.1, 0.15) is 10.4 Å². The van der Waals surface area contributed by atoms with Crippen molar-refractivity contribution in [2.24, 2.45) is 7.05 Å².